The number of benzene rings is 2. The Balaban J connectivity index is 1.34. The number of imide groups is 1. The molecule has 8 nitrogen and oxygen atoms in total. The van der Waals surface area contributed by atoms with Gasteiger partial charge in [-0.3, -0.25) is 24.6 Å². The van der Waals surface area contributed by atoms with E-state index in [0.717, 1.165) is 12.0 Å². The highest BCUT2D eigenvalue weighted by Crippen LogP contribution is 2.32. The Kier molecular flexibility index (Phi) is 4.88. The summed E-state index contributed by atoms with van der Waals surface area (Å²) >= 11 is 0. The molecule has 5 amide bonds. The number of carbonyl (C=O) groups excluding carboxylic acids is 4. The summed E-state index contributed by atoms with van der Waals surface area (Å²) in [5, 5.41) is 5.08. The number of rotatable bonds is 2. The van der Waals surface area contributed by atoms with Crippen LogP contribution in [0.1, 0.15) is 40.7 Å². The molecule has 2 aromatic carbocycles. The van der Waals surface area contributed by atoms with Gasteiger partial charge in [0.2, 0.25) is 11.8 Å². The predicted octanol–water partition coefficient (Wildman–Crippen LogP) is 2.57. The Morgan fingerprint density at radius 1 is 1.09 bits per heavy atom. The van der Waals surface area contributed by atoms with Gasteiger partial charge in [-0.15, -0.1) is 0 Å². The lowest BCUT2D eigenvalue weighted by Crippen LogP contribution is -2.52. The molecule has 1 saturated heterocycles. The van der Waals surface area contributed by atoms with E-state index >= 15 is 0 Å². The molecule has 3 heterocycles. The summed E-state index contributed by atoms with van der Waals surface area (Å²) in [6, 6.07) is 8.60. The van der Waals surface area contributed by atoms with Crippen molar-refractivity contribution < 1.29 is 23.6 Å². The third kappa shape index (κ3) is 3.39. The monoisotopic (exact) mass is 436 g/mol. The van der Waals surface area contributed by atoms with E-state index < -0.39 is 23.8 Å². The van der Waals surface area contributed by atoms with Crippen LogP contribution in [0.2, 0.25) is 0 Å². The van der Waals surface area contributed by atoms with Crippen LogP contribution < -0.4 is 15.5 Å². The lowest BCUT2D eigenvalue weighted by Gasteiger charge is -2.30. The van der Waals surface area contributed by atoms with Crippen LogP contribution in [0.3, 0.4) is 0 Å². The molecule has 164 valence electrons. The molecule has 2 aromatic rings. The summed E-state index contributed by atoms with van der Waals surface area (Å²) in [4.78, 5) is 52.2. The van der Waals surface area contributed by atoms with Crippen molar-refractivity contribution in [3.63, 3.8) is 0 Å². The second kappa shape index (κ2) is 7.74. The first-order valence-corrected chi connectivity index (χ1v) is 10.6. The van der Waals surface area contributed by atoms with E-state index in [0.29, 0.717) is 35.5 Å². The van der Waals surface area contributed by atoms with E-state index in [1.807, 2.05) is 6.07 Å². The first-order chi connectivity index (χ1) is 15.4. The predicted molar refractivity (Wildman–Crippen MR) is 114 cm³/mol. The van der Waals surface area contributed by atoms with Gasteiger partial charge in [-0.2, -0.15) is 0 Å². The lowest BCUT2D eigenvalue weighted by molar-refractivity contribution is -0.136. The van der Waals surface area contributed by atoms with Gasteiger partial charge >= 0.3 is 6.03 Å². The zero-order valence-corrected chi connectivity index (χ0v) is 17.2. The van der Waals surface area contributed by atoms with Gasteiger partial charge in [0.25, 0.3) is 5.91 Å². The van der Waals surface area contributed by atoms with Crippen molar-refractivity contribution in [2.75, 3.05) is 16.8 Å². The summed E-state index contributed by atoms with van der Waals surface area (Å²) in [5.74, 6) is -1.52. The van der Waals surface area contributed by atoms with Gasteiger partial charge in [-0.1, -0.05) is 12.1 Å². The highest BCUT2D eigenvalue weighted by Gasteiger charge is 2.39. The van der Waals surface area contributed by atoms with Gasteiger partial charge in [-0.05, 0) is 54.7 Å². The second-order valence-corrected chi connectivity index (χ2v) is 8.20. The number of hydrogen-bond donors (Lipinski definition) is 2. The maximum absolute atomic E-state index is 14.4. The fourth-order valence-electron chi connectivity index (χ4n) is 4.65. The number of halogens is 1. The van der Waals surface area contributed by atoms with Crippen LogP contribution in [0.4, 0.5) is 20.6 Å². The first-order valence-electron chi connectivity index (χ1n) is 10.6. The minimum Gasteiger partial charge on any atom is -0.322 e. The van der Waals surface area contributed by atoms with Crippen molar-refractivity contribution in [2.24, 2.45) is 0 Å². The van der Waals surface area contributed by atoms with E-state index in [-0.39, 0.29) is 31.2 Å². The minimum absolute atomic E-state index is 0.186. The van der Waals surface area contributed by atoms with Crippen molar-refractivity contribution in [1.82, 2.24) is 10.2 Å². The molecule has 2 N–H and O–H groups in total. The molecule has 0 saturated carbocycles. The Morgan fingerprint density at radius 2 is 1.94 bits per heavy atom. The molecule has 3 aliphatic heterocycles. The van der Waals surface area contributed by atoms with E-state index in [9.17, 15) is 23.6 Å². The minimum atomic E-state index is -0.696. The van der Waals surface area contributed by atoms with Crippen molar-refractivity contribution >= 4 is 35.1 Å². The van der Waals surface area contributed by atoms with Crippen molar-refractivity contribution in [3.8, 4) is 0 Å². The molecule has 1 unspecified atom stereocenters. The number of para-hydroxylation sites is 1. The molecule has 0 aromatic heterocycles. The molecule has 5 rings (SSSR count). The molecule has 32 heavy (non-hydrogen) atoms. The summed E-state index contributed by atoms with van der Waals surface area (Å²) in [6.45, 7) is 0.623. The number of nitrogens with zero attached hydrogens (tertiary/aromatic N) is 2. The average Bonchev–Trinajstić information content (AvgIpc) is 3.09. The van der Waals surface area contributed by atoms with Crippen LogP contribution >= 0.6 is 0 Å². The van der Waals surface area contributed by atoms with Gasteiger partial charge in [0.1, 0.15) is 11.9 Å². The number of piperidine rings is 1. The highest BCUT2D eigenvalue weighted by molar-refractivity contribution is 6.06. The number of carbonyl (C=O) groups is 4. The van der Waals surface area contributed by atoms with Crippen LogP contribution in [0.15, 0.2) is 36.4 Å². The molecule has 0 spiro atoms. The smallest absolute Gasteiger partial charge is 0.322 e. The van der Waals surface area contributed by atoms with Crippen LogP contribution in [0.5, 0.6) is 0 Å². The van der Waals surface area contributed by atoms with E-state index in [2.05, 4.69) is 10.6 Å². The maximum Gasteiger partial charge on any atom is 0.326 e. The molecule has 0 aliphatic carbocycles. The lowest BCUT2D eigenvalue weighted by atomic mass is 10.0. The van der Waals surface area contributed by atoms with Crippen LogP contribution in [0.25, 0.3) is 0 Å². The van der Waals surface area contributed by atoms with Gasteiger partial charge in [0, 0.05) is 30.8 Å². The molecule has 0 bridgehead atoms. The van der Waals surface area contributed by atoms with Crippen molar-refractivity contribution in [1.29, 1.82) is 0 Å². The number of urea groups is 1. The van der Waals surface area contributed by atoms with E-state index in [4.69, 9.17) is 0 Å². The molecular weight excluding hydrogens is 415 g/mol. The van der Waals surface area contributed by atoms with Gasteiger partial charge < -0.3 is 10.2 Å². The Morgan fingerprint density at radius 3 is 2.75 bits per heavy atom. The number of amides is 5. The van der Waals surface area contributed by atoms with Crippen LogP contribution in [-0.2, 0) is 22.6 Å². The largest absolute Gasteiger partial charge is 0.326 e. The van der Waals surface area contributed by atoms with Gasteiger partial charge in [-0.25, -0.2) is 9.18 Å². The van der Waals surface area contributed by atoms with Crippen LogP contribution in [-0.4, -0.2) is 41.2 Å². The number of fused-ring (bicyclic) bond motifs is 2. The quantitative estimate of drug-likeness (QED) is 0.707. The standard InChI is InChI=1S/C23H21FN4O4/c24-17-5-1-3-13-4-2-10-27(20(13)17)23(32)25-15-6-7-16-14(11-15)12-28(22(16)31)18-8-9-19(29)26-21(18)30/h1,3,5-7,11,18H,2,4,8-10,12H2,(H,25,32)(H,26,29,30). The fraction of sp³-hybridized carbons (Fsp3) is 0.304. The van der Waals surface area contributed by atoms with Crippen LogP contribution in [0, 0.1) is 5.82 Å². The Bertz CT molecular complexity index is 1160. The fourth-order valence-corrected chi connectivity index (χ4v) is 4.65. The summed E-state index contributed by atoms with van der Waals surface area (Å²) < 4.78 is 14.4. The molecule has 0 radical (unpaired) electrons. The van der Waals surface area contributed by atoms with Crippen molar-refractivity contribution in [3.05, 3.63) is 58.9 Å². The Hall–Kier alpha value is -3.75. The third-order valence-electron chi connectivity index (χ3n) is 6.19. The highest BCUT2D eigenvalue weighted by atomic mass is 19.1. The van der Waals surface area contributed by atoms with Crippen molar-refractivity contribution in [2.45, 2.75) is 38.3 Å². The molecular formula is C23H21FN4O4. The zero-order chi connectivity index (χ0) is 22.4. The van der Waals surface area contributed by atoms with Gasteiger partial charge in [0.05, 0.1) is 5.69 Å². The number of aryl methyl sites for hydroxylation is 1. The third-order valence-corrected chi connectivity index (χ3v) is 6.19. The Labute approximate surface area is 183 Å². The normalized spacial score (nSPS) is 20.0. The maximum atomic E-state index is 14.4. The second-order valence-electron chi connectivity index (χ2n) is 8.20. The first kappa shape index (κ1) is 20.2. The topological polar surface area (TPSA) is 98.8 Å². The average molecular weight is 436 g/mol. The molecule has 1 atom stereocenters. The summed E-state index contributed by atoms with van der Waals surface area (Å²) in [6.07, 6.45) is 1.93. The van der Waals surface area contributed by atoms with E-state index in [1.165, 1.54) is 15.9 Å². The molecule has 3 aliphatic rings. The zero-order valence-electron chi connectivity index (χ0n) is 17.2. The number of nitrogens with one attached hydrogen (secondary N) is 2. The molecule has 1 fully saturated rings. The SMILES string of the molecule is O=C1CCC(N2Cc3cc(NC(=O)N4CCCc5cccc(F)c54)ccc3C2=O)C(=O)N1. The summed E-state index contributed by atoms with van der Waals surface area (Å²) in [5.41, 5.74) is 2.72. The van der Waals surface area contributed by atoms with E-state index in [1.54, 1.807) is 24.3 Å². The van der Waals surface area contributed by atoms with Gasteiger partial charge in [0.15, 0.2) is 0 Å². The number of anilines is 2. The summed E-state index contributed by atoms with van der Waals surface area (Å²) in [7, 11) is 0. The number of hydrogen-bond acceptors (Lipinski definition) is 4. The molecule has 9 heteroatoms.